The molecule has 0 saturated carbocycles. The molecule has 12 heavy (non-hydrogen) atoms. The third-order valence-corrected chi connectivity index (χ3v) is 2.84. The van der Waals surface area contributed by atoms with Gasteiger partial charge in [0.25, 0.3) is 0 Å². The molecular weight excluding hydrogens is 163 g/mol. The number of halogens is 1. The second kappa shape index (κ2) is 1.71. The molecule has 0 aliphatic carbocycles. The number of cyclic esters (lactones) is 1. The minimum Gasteiger partial charge on any atom is -0.463 e. The van der Waals surface area contributed by atoms with Crippen LogP contribution in [0.2, 0.25) is 0 Å². The highest BCUT2D eigenvalue weighted by Crippen LogP contribution is 2.48. The zero-order valence-electron chi connectivity index (χ0n) is 6.20. The van der Waals surface area contributed by atoms with Crippen LogP contribution < -0.4 is 0 Å². The maximum absolute atomic E-state index is 13.9. The van der Waals surface area contributed by atoms with Crippen LogP contribution in [0.4, 0.5) is 4.39 Å². The van der Waals surface area contributed by atoms with Crippen molar-refractivity contribution < 1.29 is 18.7 Å². The van der Waals surface area contributed by atoms with E-state index >= 15 is 0 Å². The second-order valence-corrected chi connectivity index (χ2v) is 3.38. The fraction of sp³-hybridized carbons (Fsp3) is 0.625. The summed E-state index contributed by atoms with van der Waals surface area (Å²) in [7, 11) is 0. The molecule has 3 aliphatic rings. The van der Waals surface area contributed by atoms with E-state index in [9.17, 15) is 9.18 Å². The monoisotopic (exact) mass is 170 g/mol. The van der Waals surface area contributed by atoms with E-state index in [4.69, 9.17) is 4.74 Å². The Kier molecular flexibility index (Phi) is 0.942. The summed E-state index contributed by atoms with van der Waals surface area (Å²) in [6.45, 7) is 0.154. The van der Waals surface area contributed by atoms with E-state index in [1.165, 1.54) is 0 Å². The van der Waals surface area contributed by atoms with E-state index in [1.54, 1.807) is 12.2 Å². The van der Waals surface area contributed by atoms with Crippen molar-refractivity contribution in [2.45, 2.75) is 17.9 Å². The molecule has 0 radical (unpaired) electrons. The summed E-state index contributed by atoms with van der Waals surface area (Å²) in [6.07, 6.45) is 2.44. The molecule has 0 aromatic heterocycles. The average molecular weight is 170 g/mol. The van der Waals surface area contributed by atoms with Crippen LogP contribution in [-0.2, 0) is 14.3 Å². The second-order valence-electron chi connectivity index (χ2n) is 3.38. The molecule has 3 nitrogen and oxygen atoms in total. The van der Waals surface area contributed by atoms with Gasteiger partial charge >= 0.3 is 5.97 Å². The van der Waals surface area contributed by atoms with Gasteiger partial charge < -0.3 is 9.47 Å². The molecule has 3 heterocycles. The number of alkyl halides is 1. The normalized spacial score (nSPS) is 54.4. The van der Waals surface area contributed by atoms with Crippen molar-refractivity contribution in [1.29, 1.82) is 0 Å². The SMILES string of the molecule is O=C1OC[C@H]2[C@H]3C=C[C@H](O3)[C@@]12F. The quantitative estimate of drug-likeness (QED) is 0.385. The lowest BCUT2D eigenvalue weighted by atomic mass is 9.83. The summed E-state index contributed by atoms with van der Waals surface area (Å²) < 4.78 is 23.8. The lowest BCUT2D eigenvalue weighted by Gasteiger charge is -2.19. The first kappa shape index (κ1) is 6.60. The van der Waals surface area contributed by atoms with Crippen molar-refractivity contribution in [2.75, 3.05) is 6.61 Å². The Labute approximate surface area is 68.1 Å². The number of carbonyl (C=O) groups excluding carboxylic acids is 1. The van der Waals surface area contributed by atoms with E-state index in [1.807, 2.05) is 0 Å². The minimum atomic E-state index is -1.89. The Bertz CT molecular complexity index is 288. The fourth-order valence-electron chi connectivity index (χ4n) is 2.15. The molecule has 0 N–H and O–H groups in total. The standard InChI is InChI=1S/C8H7FO3/c9-8-4(3-11-7(8)10)5-1-2-6(8)12-5/h1-2,4-6H,3H2/t4-,5+,6-,8+/m0/s1. The molecule has 2 saturated heterocycles. The average Bonchev–Trinajstić information content (AvgIpc) is 2.65. The molecule has 3 aliphatic heterocycles. The number of rotatable bonds is 0. The molecule has 3 rings (SSSR count). The van der Waals surface area contributed by atoms with Gasteiger partial charge in [-0.15, -0.1) is 0 Å². The number of carbonyl (C=O) groups is 1. The Morgan fingerprint density at radius 1 is 1.58 bits per heavy atom. The van der Waals surface area contributed by atoms with E-state index in [0.717, 1.165) is 0 Å². The molecule has 64 valence electrons. The molecule has 0 unspecified atom stereocenters. The molecule has 4 heteroatoms. The lowest BCUT2D eigenvalue weighted by Crippen LogP contribution is -2.43. The van der Waals surface area contributed by atoms with Crippen molar-refractivity contribution in [3.63, 3.8) is 0 Å². The summed E-state index contributed by atoms with van der Waals surface area (Å²) in [6, 6.07) is 0. The van der Waals surface area contributed by atoms with Crippen molar-refractivity contribution in [3.8, 4) is 0 Å². The molecule has 4 atom stereocenters. The largest absolute Gasteiger partial charge is 0.463 e. The number of ether oxygens (including phenoxy) is 2. The highest BCUT2D eigenvalue weighted by atomic mass is 19.1. The van der Waals surface area contributed by atoms with Gasteiger partial charge in [0.15, 0.2) is 0 Å². The highest BCUT2D eigenvalue weighted by molar-refractivity contribution is 5.84. The Morgan fingerprint density at radius 3 is 3.17 bits per heavy atom. The van der Waals surface area contributed by atoms with Gasteiger partial charge in [-0.1, -0.05) is 12.2 Å². The van der Waals surface area contributed by atoms with Crippen LogP contribution in [0.5, 0.6) is 0 Å². The Hall–Kier alpha value is -0.900. The topological polar surface area (TPSA) is 35.5 Å². The van der Waals surface area contributed by atoms with Gasteiger partial charge in [0.1, 0.15) is 12.7 Å². The van der Waals surface area contributed by atoms with Crippen LogP contribution >= 0.6 is 0 Å². The minimum absolute atomic E-state index is 0.154. The Balaban J connectivity index is 2.12. The van der Waals surface area contributed by atoms with Gasteiger partial charge in [0, 0.05) is 0 Å². The van der Waals surface area contributed by atoms with Gasteiger partial charge in [-0.25, -0.2) is 9.18 Å². The zero-order chi connectivity index (χ0) is 8.34. The van der Waals surface area contributed by atoms with Crippen LogP contribution in [0.3, 0.4) is 0 Å². The van der Waals surface area contributed by atoms with Gasteiger partial charge in [-0.05, 0) is 0 Å². The molecular formula is C8H7FO3. The molecule has 2 fully saturated rings. The summed E-state index contributed by atoms with van der Waals surface area (Å²) in [4.78, 5) is 11.1. The predicted molar refractivity (Wildman–Crippen MR) is 36.1 cm³/mol. The third kappa shape index (κ3) is 0.485. The summed E-state index contributed by atoms with van der Waals surface area (Å²) >= 11 is 0. The maximum Gasteiger partial charge on any atom is 0.347 e. The Morgan fingerprint density at radius 2 is 2.42 bits per heavy atom. The van der Waals surface area contributed by atoms with Crippen molar-refractivity contribution in [2.24, 2.45) is 5.92 Å². The lowest BCUT2D eigenvalue weighted by molar-refractivity contribution is -0.151. The summed E-state index contributed by atoms with van der Waals surface area (Å²) in [5.41, 5.74) is -1.89. The van der Waals surface area contributed by atoms with E-state index in [0.29, 0.717) is 0 Å². The first-order chi connectivity index (χ1) is 5.73. The number of esters is 1. The van der Waals surface area contributed by atoms with Crippen LogP contribution in [0.1, 0.15) is 0 Å². The van der Waals surface area contributed by atoms with Gasteiger partial charge in [0.2, 0.25) is 5.67 Å². The van der Waals surface area contributed by atoms with E-state index < -0.39 is 23.7 Å². The van der Waals surface area contributed by atoms with E-state index in [-0.39, 0.29) is 12.7 Å². The van der Waals surface area contributed by atoms with Crippen molar-refractivity contribution in [1.82, 2.24) is 0 Å². The number of hydrogen-bond acceptors (Lipinski definition) is 3. The van der Waals surface area contributed by atoms with E-state index in [2.05, 4.69) is 4.74 Å². The molecule has 0 spiro atoms. The van der Waals surface area contributed by atoms with Crippen LogP contribution in [0, 0.1) is 5.92 Å². The predicted octanol–water partition coefficient (Wildman–Crippen LogP) is 0.205. The molecule has 2 bridgehead atoms. The molecule has 0 aromatic carbocycles. The molecule has 0 amide bonds. The maximum atomic E-state index is 13.9. The third-order valence-electron chi connectivity index (χ3n) is 2.84. The molecule has 0 aromatic rings. The van der Waals surface area contributed by atoms with Crippen LogP contribution in [-0.4, -0.2) is 30.5 Å². The smallest absolute Gasteiger partial charge is 0.347 e. The highest BCUT2D eigenvalue weighted by Gasteiger charge is 2.68. The summed E-state index contributed by atoms with van der Waals surface area (Å²) in [5.74, 6) is -1.18. The number of fused-ring (bicyclic) bond motifs is 5. The van der Waals surface area contributed by atoms with Crippen LogP contribution in [0.15, 0.2) is 12.2 Å². The van der Waals surface area contributed by atoms with Gasteiger partial charge in [-0.3, -0.25) is 0 Å². The first-order valence-corrected chi connectivity index (χ1v) is 3.93. The van der Waals surface area contributed by atoms with Crippen molar-refractivity contribution in [3.05, 3.63) is 12.2 Å². The van der Waals surface area contributed by atoms with Gasteiger partial charge in [-0.2, -0.15) is 0 Å². The number of hydrogen-bond donors (Lipinski definition) is 0. The van der Waals surface area contributed by atoms with Crippen molar-refractivity contribution >= 4 is 5.97 Å². The van der Waals surface area contributed by atoms with Crippen LogP contribution in [0.25, 0.3) is 0 Å². The zero-order valence-corrected chi connectivity index (χ0v) is 6.20. The van der Waals surface area contributed by atoms with Gasteiger partial charge in [0.05, 0.1) is 12.0 Å². The summed E-state index contributed by atoms with van der Waals surface area (Å²) in [5, 5.41) is 0. The fourth-order valence-corrected chi connectivity index (χ4v) is 2.15. The first-order valence-electron chi connectivity index (χ1n) is 3.93.